The fourth-order valence-electron chi connectivity index (χ4n) is 3.24. The summed E-state index contributed by atoms with van der Waals surface area (Å²) in [6.45, 7) is 8.64. The van der Waals surface area contributed by atoms with Crippen molar-refractivity contribution in [2.24, 2.45) is 5.92 Å². The van der Waals surface area contributed by atoms with Crippen molar-refractivity contribution in [3.05, 3.63) is 64.1 Å². The molecule has 0 aliphatic heterocycles. The molecule has 0 radical (unpaired) electrons. The molecule has 2 aromatic heterocycles. The van der Waals surface area contributed by atoms with Crippen molar-refractivity contribution in [2.45, 2.75) is 45.4 Å². The van der Waals surface area contributed by atoms with Gasteiger partial charge in [-0.05, 0) is 43.0 Å². The number of nitrogens with zero attached hydrogens (tertiary/aromatic N) is 3. The molecule has 2 heterocycles. The summed E-state index contributed by atoms with van der Waals surface area (Å²) < 4.78 is 1.65. The summed E-state index contributed by atoms with van der Waals surface area (Å²) in [5.41, 5.74) is 2.53. The van der Waals surface area contributed by atoms with E-state index >= 15 is 0 Å². The second kappa shape index (κ2) is 9.22. The van der Waals surface area contributed by atoms with E-state index in [9.17, 15) is 9.59 Å². The van der Waals surface area contributed by atoms with Gasteiger partial charge < -0.3 is 5.32 Å². The van der Waals surface area contributed by atoms with E-state index in [4.69, 9.17) is 0 Å². The van der Waals surface area contributed by atoms with Gasteiger partial charge >= 0.3 is 0 Å². The number of pyridine rings is 1. The van der Waals surface area contributed by atoms with E-state index in [1.54, 1.807) is 22.9 Å². The Kier molecular flexibility index (Phi) is 6.69. The molecule has 3 aromatic rings. The van der Waals surface area contributed by atoms with Crippen LogP contribution >= 0.6 is 11.8 Å². The van der Waals surface area contributed by atoms with Gasteiger partial charge in [-0.15, -0.1) is 0 Å². The van der Waals surface area contributed by atoms with Gasteiger partial charge in [-0.25, -0.2) is 9.97 Å². The van der Waals surface area contributed by atoms with Crippen LogP contribution in [0.25, 0.3) is 11.0 Å². The Morgan fingerprint density at radius 1 is 1.17 bits per heavy atom. The van der Waals surface area contributed by atoms with Crippen LogP contribution in [0, 0.1) is 12.8 Å². The second-order valence-electron chi connectivity index (χ2n) is 7.51. The Morgan fingerprint density at radius 3 is 2.66 bits per heavy atom. The molecule has 6 nitrogen and oxygen atoms in total. The molecule has 0 bridgehead atoms. The van der Waals surface area contributed by atoms with Crippen molar-refractivity contribution in [3.63, 3.8) is 0 Å². The zero-order chi connectivity index (χ0) is 21.0. The highest BCUT2D eigenvalue weighted by Crippen LogP contribution is 2.20. The third-order valence-electron chi connectivity index (χ3n) is 4.61. The molecule has 0 spiro atoms. The number of hydrogen-bond acceptors (Lipinski definition) is 5. The molecule has 0 unspecified atom stereocenters. The van der Waals surface area contributed by atoms with Crippen LogP contribution in [-0.2, 0) is 11.3 Å². The smallest absolute Gasteiger partial charge is 0.263 e. The first kappa shape index (κ1) is 21.0. The fourth-order valence-corrected chi connectivity index (χ4v) is 4.04. The minimum Gasteiger partial charge on any atom is -0.349 e. The quantitative estimate of drug-likeness (QED) is 0.474. The van der Waals surface area contributed by atoms with Crippen LogP contribution in [0.4, 0.5) is 0 Å². The number of amides is 1. The van der Waals surface area contributed by atoms with Gasteiger partial charge in [-0.1, -0.05) is 49.9 Å². The molecular formula is C22H26N4O2S. The van der Waals surface area contributed by atoms with E-state index in [-0.39, 0.29) is 29.2 Å². The monoisotopic (exact) mass is 410 g/mol. The van der Waals surface area contributed by atoms with E-state index in [1.165, 1.54) is 11.8 Å². The summed E-state index contributed by atoms with van der Waals surface area (Å²) in [4.78, 5) is 34.2. The van der Waals surface area contributed by atoms with Gasteiger partial charge in [0.25, 0.3) is 5.56 Å². The number of nitrogens with one attached hydrogen (secondary N) is 1. The van der Waals surface area contributed by atoms with Gasteiger partial charge in [0.05, 0.1) is 17.2 Å². The first-order valence-corrected chi connectivity index (χ1v) is 10.7. The number of aromatic nitrogens is 3. The molecule has 1 amide bonds. The van der Waals surface area contributed by atoms with Crippen molar-refractivity contribution >= 4 is 28.7 Å². The van der Waals surface area contributed by atoms with Crippen molar-refractivity contribution < 1.29 is 4.79 Å². The molecule has 29 heavy (non-hydrogen) atoms. The molecule has 0 aliphatic rings. The Hall–Kier alpha value is -2.67. The third-order valence-corrected chi connectivity index (χ3v) is 5.58. The molecule has 1 N–H and O–H groups in total. The Labute approximate surface area is 174 Å². The third kappa shape index (κ3) is 5.03. The Morgan fingerprint density at radius 2 is 1.93 bits per heavy atom. The van der Waals surface area contributed by atoms with Crippen LogP contribution in [0.2, 0.25) is 0 Å². The maximum Gasteiger partial charge on any atom is 0.263 e. The first-order valence-electron chi connectivity index (χ1n) is 9.70. The zero-order valence-electron chi connectivity index (χ0n) is 17.2. The number of fused-ring (bicyclic) bond motifs is 1. The molecule has 3 rings (SSSR count). The maximum absolute atomic E-state index is 12.9. The normalized spacial score (nSPS) is 12.3. The first-order chi connectivity index (χ1) is 13.9. The second-order valence-corrected chi connectivity index (χ2v) is 8.46. The summed E-state index contributed by atoms with van der Waals surface area (Å²) in [5.74, 6) is 0.356. The number of hydrogen-bond donors (Lipinski definition) is 1. The molecular weight excluding hydrogens is 384 g/mol. The van der Waals surface area contributed by atoms with Crippen molar-refractivity contribution in [1.82, 2.24) is 19.9 Å². The van der Waals surface area contributed by atoms with Crippen molar-refractivity contribution in [2.75, 3.05) is 5.75 Å². The molecule has 1 atom stereocenters. The van der Waals surface area contributed by atoms with Crippen LogP contribution in [0.1, 0.15) is 37.9 Å². The van der Waals surface area contributed by atoms with E-state index < -0.39 is 0 Å². The lowest BCUT2D eigenvalue weighted by Crippen LogP contribution is -2.30. The van der Waals surface area contributed by atoms with Crippen molar-refractivity contribution in [1.29, 1.82) is 0 Å². The number of rotatable bonds is 7. The van der Waals surface area contributed by atoms with Gasteiger partial charge in [0, 0.05) is 12.7 Å². The molecule has 152 valence electrons. The topological polar surface area (TPSA) is 76.9 Å². The Bertz CT molecular complexity index is 1080. The van der Waals surface area contributed by atoms with Crippen LogP contribution in [0.5, 0.6) is 0 Å². The molecule has 0 aliphatic carbocycles. The van der Waals surface area contributed by atoms with Crippen molar-refractivity contribution in [3.8, 4) is 0 Å². The number of aryl methyl sites for hydroxylation is 1. The SMILES string of the molecule is Cc1ccccc1[C@H](C)NC(=O)CSc1nc2ncccc2c(=O)n1CC(C)C. The minimum absolute atomic E-state index is 0.0895. The summed E-state index contributed by atoms with van der Waals surface area (Å²) in [6, 6.07) is 11.4. The summed E-state index contributed by atoms with van der Waals surface area (Å²) in [6.07, 6.45) is 1.62. The lowest BCUT2D eigenvalue weighted by molar-refractivity contribution is -0.119. The molecule has 0 fully saturated rings. The van der Waals surface area contributed by atoms with Crippen LogP contribution in [0.3, 0.4) is 0 Å². The van der Waals surface area contributed by atoms with E-state index in [0.29, 0.717) is 22.7 Å². The number of thioether (sulfide) groups is 1. The fraction of sp³-hybridized carbons (Fsp3) is 0.364. The lowest BCUT2D eigenvalue weighted by atomic mass is 10.0. The average Bonchev–Trinajstić information content (AvgIpc) is 2.69. The summed E-state index contributed by atoms with van der Waals surface area (Å²) in [5, 5.41) is 4.05. The molecule has 7 heteroatoms. The predicted molar refractivity (Wildman–Crippen MR) is 117 cm³/mol. The number of benzene rings is 1. The van der Waals surface area contributed by atoms with Gasteiger partial charge in [0.15, 0.2) is 10.8 Å². The number of carbonyl (C=O) groups excluding carboxylic acids is 1. The highest BCUT2D eigenvalue weighted by molar-refractivity contribution is 7.99. The highest BCUT2D eigenvalue weighted by atomic mass is 32.2. The highest BCUT2D eigenvalue weighted by Gasteiger charge is 2.16. The standard InChI is InChI=1S/C22H26N4O2S/c1-14(2)12-26-21(28)18-10-7-11-23-20(18)25-22(26)29-13-19(27)24-16(4)17-9-6-5-8-15(17)3/h5-11,14,16H,12-13H2,1-4H3,(H,24,27)/t16-/m0/s1. The molecule has 1 aromatic carbocycles. The van der Waals surface area contributed by atoms with Gasteiger partial charge in [-0.3, -0.25) is 14.2 Å². The van der Waals surface area contributed by atoms with E-state index in [2.05, 4.69) is 15.3 Å². The van der Waals surface area contributed by atoms with Gasteiger partial charge in [-0.2, -0.15) is 0 Å². The van der Waals surface area contributed by atoms with Gasteiger partial charge in [0.1, 0.15) is 0 Å². The molecule has 0 saturated carbocycles. The lowest BCUT2D eigenvalue weighted by Gasteiger charge is -2.17. The average molecular weight is 411 g/mol. The summed E-state index contributed by atoms with van der Waals surface area (Å²) in [7, 11) is 0. The largest absolute Gasteiger partial charge is 0.349 e. The van der Waals surface area contributed by atoms with E-state index in [1.807, 2.05) is 52.0 Å². The summed E-state index contributed by atoms with van der Waals surface area (Å²) >= 11 is 1.27. The maximum atomic E-state index is 12.9. The minimum atomic E-state index is -0.118. The van der Waals surface area contributed by atoms with Gasteiger partial charge in [0.2, 0.25) is 5.91 Å². The van der Waals surface area contributed by atoms with Crippen LogP contribution in [-0.4, -0.2) is 26.2 Å². The zero-order valence-corrected chi connectivity index (χ0v) is 18.0. The number of carbonyl (C=O) groups is 1. The van der Waals surface area contributed by atoms with Crippen LogP contribution < -0.4 is 10.9 Å². The van der Waals surface area contributed by atoms with E-state index in [0.717, 1.165) is 11.1 Å². The molecule has 0 saturated heterocycles. The van der Waals surface area contributed by atoms with Crippen LogP contribution in [0.15, 0.2) is 52.5 Å². The Balaban J connectivity index is 1.78. The predicted octanol–water partition coefficient (Wildman–Crippen LogP) is 3.73.